The first kappa shape index (κ1) is 12.2. The van der Waals surface area contributed by atoms with E-state index in [4.69, 9.17) is 4.74 Å². The zero-order chi connectivity index (χ0) is 12.1. The molecule has 0 heterocycles. The summed E-state index contributed by atoms with van der Waals surface area (Å²) in [7, 11) is 0. The normalized spacial score (nSPS) is 11.9. The van der Waals surface area contributed by atoms with Gasteiger partial charge in [-0.15, -0.1) is 0 Å². The van der Waals surface area contributed by atoms with Gasteiger partial charge in [-0.05, 0) is 0 Å². The lowest BCUT2D eigenvalue weighted by molar-refractivity contribution is -0.385. The predicted octanol–water partition coefficient (Wildman–Crippen LogP) is 2.26. The molecule has 16 heavy (non-hydrogen) atoms. The molecular formula is C11H13NO4. The molecule has 5 heteroatoms. The number of nitro benzene ring substituents is 1. The van der Waals surface area contributed by atoms with Crippen LogP contribution in [0.2, 0.25) is 0 Å². The first-order valence-electron chi connectivity index (χ1n) is 4.89. The average molecular weight is 223 g/mol. The molecule has 0 saturated heterocycles. The Kier molecular flexibility index (Phi) is 3.99. The minimum absolute atomic E-state index is 0.0575. The summed E-state index contributed by atoms with van der Waals surface area (Å²) in [6.45, 7) is 3.25. The summed E-state index contributed by atoms with van der Waals surface area (Å²) in [6.07, 6.45) is 0. The molecule has 1 unspecified atom stereocenters. The topological polar surface area (TPSA) is 69.4 Å². The van der Waals surface area contributed by atoms with E-state index in [2.05, 4.69) is 0 Å². The van der Waals surface area contributed by atoms with Gasteiger partial charge < -0.3 is 4.74 Å². The Morgan fingerprint density at radius 1 is 1.50 bits per heavy atom. The zero-order valence-corrected chi connectivity index (χ0v) is 9.17. The Hall–Kier alpha value is -1.91. The van der Waals surface area contributed by atoms with Gasteiger partial charge in [0.25, 0.3) is 5.69 Å². The van der Waals surface area contributed by atoms with Gasteiger partial charge in [0.1, 0.15) is 0 Å². The molecule has 0 aromatic heterocycles. The second kappa shape index (κ2) is 5.25. The molecule has 0 aliphatic rings. The highest BCUT2D eigenvalue weighted by atomic mass is 16.6. The van der Waals surface area contributed by atoms with Crippen molar-refractivity contribution < 1.29 is 14.5 Å². The average Bonchev–Trinajstić information content (AvgIpc) is 2.25. The summed E-state index contributed by atoms with van der Waals surface area (Å²) in [4.78, 5) is 21.0. The molecule has 1 aromatic rings. The van der Waals surface area contributed by atoms with E-state index >= 15 is 0 Å². The van der Waals surface area contributed by atoms with Crippen molar-refractivity contribution in [3.05, 3.63) is 39.9 Å². The fraction of sp³-hybridized carbons (Fsp3) is 0.364. The van der Waals surface area contributed by atoms with Gasteiger partial charge >= 0.3 is 5.97 Å². The lowest BCUT2D eigenvalue weighted by atomic mass is 10.0. The van der Waals surface area contributed by atoms with E-state index in [-0.39, 0.29) is 24.2 Å². The van der Waals surface area contributed by atoms with Crippen LogP contribution in [-0.2, 0) is 9.53 Å². The summed E-state index contributed by atoms with van der Waals surface area (Å²) in [5, 5.41) is 10.8. The quantitative estimate of drug-likeness (QED) is 0.446. The number of nitrogens with zero attached hydrogens (tertiary/aromatic N) is 1. The molecule has 0 radical (unpaired) electrons. The number of carbonyl (C=O) groups is 1. The Balaban J connectivity index is 2.85. The first-order valence-corrected chi connectivity index (χ1v) is 4.89. The van der Waals surface area contributed by atoms with E-state index in [1.165, 1.54) is 13.0 Å². The maximum atomic E-state index is 10.8. The number of benzene rings is 1. The number of para-hydroxylation sites is 1. The van der Waals surface area contributed by atoms with Crippen molar-refractivity contribution in [1.29, 1.82) is 0 Å². The van der Waals surface area contributed by atoms with Crippen LogP contribution in [0.15, 0.2) is 24.3 Å². The minimum atomic E-state index is -0.431. The van der Waals surface area contributed by atoms with Crippen molar-refractivity contribution in [3.8, 4) is 0 Å². The molecule has 0 bridgehead atoms. The Bertz CT molecular complexity index is 403. The number of hydrogen-bond donors (Lipinski definition) is 0. The van der Waals surface area contributed by atoms with Crippen LogP contribution < -0.4 is 0 Å². The van der Waals surface area contributed by atoms with E-state index in [1.807, 2.05) is 0 Å². The van der Waals surface area contributed by atoms with Crippen LogP contribution in [0.1, 0.15) is 25.3 Å². The van der Waals surface area contributed by atoms with Gasteiger partial charge in [-0.1, -0.05) is 25.1 Å². The van der Waals surface area contributed by atoms with Crippen LogP contribution in [0.3, 0.4) is 0 Å². The van der Waals surface area contributed by atoms with Crippen LogP contribution in [0.5, 0.6) is 0 Å². The van der Waals surface area contributed by atoms with Crippen LogP contribution in [-0.4, -0.2) is 17.5 Å². The van der Waals surface area contributed by atoms with Gasteiger partial charge in [0.15, 0.2) is 0 Å². The smallest absolute Gasteiger partial charge is 0.302 e. The highest BCUT2D eigenvalue weighted by Crippen LogP contribution is 2.26. The fourth-order valence-electron chi connectivity index (χ4n) is 1.40. The highest BCUT2D eigenvalue weighted by Gasteiger charge is 2.18. The van der Waals surface area contributed by atoms with Crippen molar-refractivity contribution in [2.45, 2.75) is 19.8 Å². The third-order valence-corrected chi connectivity index (χ3v) is 2.20. The third kappa shape index (κ3) is 3.05. The lowest BCUT2D eigenvalue weighted by Gasteiger charge is -2.11. The number of rotatable bonds is 4. The SMILES string of the molecule is CC(=O)OCC(C)c1ccccc1[N+](=O)[O-]. The van der Waals surface area contributed by atoms with E-state index in [0.29, 0.717) is 5.56 Å². The first-order chi connectivity index (χ1) is 7.52. The van der Waals surface area contributed by atoms with Gasteiger partial charge in [0, 0.05) is 24.5 Å². The summed E-state index contributed by atoms with van der Waals surface area (Å²) in [5.74, 6) is -0.573. The molecular weight excluding hydrogens is 210 g/mol. The second-order valence-corrected chi connectivity index (χ2v) is 3.52. The monoisotopic (exact) mass is 223 g/mol. The number of esters is 1. The molecule has 0 fully saturated rings. The number of ether oxygens (including phenoxy) is 1. The van der Waals surface area contributed by atoms with Gasteiger partial charge in [-0.25, -0.2) is 0 Å². The molecule has 1 aromatic carbocycles. The Morgan fingerprint density at radius 3 is 2.69 bits per heavy atom. The van der Waals surface area contributed by atoms with Crippen LogP contribution in [0.25, 0.3) is 0 Å². The van der Waals surface area contributed by atoms with Gasteiger partial charge in [0.2, 0.25) is 0 Å². The van der Waals surface area contributed by atoms with Crippen LogP contribution in [0.4, 0.5) is 5.69 Å². The highest BCUT2D eigenvalue weighted by molar-refractivity contribution is 5.66. The predicted molar refractivity (Wildman–Crippen MR) is 58.1 cm³/mol. The molecule has 0 saturated carbocycles. The van der Waals surface area contributed by atoms with E-state index < -0.39 is 4.92 Å². The van der Waals surface area contributed by atoms with Crippen LogP contribution >= 0.6 is 0 Å². The van der Waals surface area contributed by atoms with Crippen LogP contribution in [0, 0.1) is 10.1 Å². The Morgan fingerprint density at radius 2 is 2.12 bits per heavy atom. The molecule has 1 rings (SSSR count). The number of nitro groups is 1. The van der Waals surface area contributed by atoms with Crippen molar-refractivity contribution in [3.63, 3.8) is 0 Å². The van der Waals surface area contributed by atoms with Crippen molar-refractivity contribution in [1.82, 2.24) is 0 Å². The van der Waals surface area contributed by atoms with Gasteiger partial charge in [-0.3, -0.25) is 14.9 Å². The fourth-order valence-corrected chi connectivity index (χ4v) is 1.40. The molecule has 86 valence electrons. The van der Waals surface area contributed by atoms with E-state index in [0.717, 1.165) is 0 Å². The maximum Gasteiger partial charge on any atom is 0.302 e. The molecule has 0 N–H and O–H groups in total. The number of hydrogen-bond acceptors (Lipinski definition) is 4. The largest absolute Gasteiger partial charge is 0.465 e. The summed E-state index contributed by atoms with van der Waals surface area (Å²) >= 11 is 0. The molecule has 0 amide bonds. The Labute approximate surface area is 93.2 Å². The van der Waals surface area contributed by atoms with Gasteiger partial charge in [-0.2, -0.15) is 0 Å². The second-order valence-electron chi connectivity index (χ2n) is 3.52. The zero-order valence-electron chi connectivity index (χ0n) is 9.17. The molecule has 1 atom stereocenters. The lowest BCUT2D eigenvalue weighted by Crippen LogP contribution is -2.09. The molecule has 5 nitrogen and oxygen atoms in total. The molecule has 0 aliphatic carbocycles. The molecule has 0 spiro atoms. The van der Waals surface area contributed by atoms with Crippen molar-refractivity contribution in [2.24, 2.45) is 0 Å². The summed E-state index contributed by atoms with van der Waals surface area (Å²) in [6, 6.07) is 6.46. The van der Waals surface area contributed by atoms with E-state index in [9.17, 15) is 14.9 Å². The summed E-state index contributed by atoms with van der Waals surface area (Å²) in [5.41, 5.74) is 0.635. The molecule has 0 aliphatic heterocycles. The standard InChI is InChI=1S/C11H13NO4/c1-8(7-16-9(2)13)10-5-3-4-6-11(10)12(14)15/h3-6,8H,7H2,1-2H3. The summed E-state index contributed by atoms with van der Waals surface area (Å²) < 4.78 is 4.83. The maximum absolute atomic E-state index is 10.8. The third-order valence-electron chi connectivity index (χ3n) is 2.20. The van der Waals surface area contributed by atoms with E-state index in [1.54, 1.807) is 25.1 Å². The van der Waals surface area contributed by atoms with Gasteiger partial charge in [0.05, 0.1) is 11.5 Å². The van der Waals surface area contributed by atoms with Crippen molar-refractivity contribution in [2.75, 3.05) is 6.61 Å². The minimum Gasteiger partial charge on any atom is -0.465 e. The van der Waals surface area contributed by atoms with Crippen molar-refractivity contribution >= 4 is 11.7 Å². The number of carbonyl (C=O) groups excluding carboxylic acids is 1.